The van der Waals surface area contributed by atoms with Crippen molar-refractivity contribution in [1.82, 2.24) is 4.98 Å². The lowest BCUT2D eigenvalue weighted by Gasteiger charge is -2.04. The van der Waals surface area contributed by atoms with Crippen LogP contribution in [0.2, 0.25) is 0 Å². The van der Waals surface area contributed by atoms with E-state index in [-0.39, 0.29) is 22.1 Å². The van der Waals surface area contributed by atoms with E-state index in [0.29, 0.717) is 0 Å². The fraction of sp³-hybridized carbons (Fsp3) is 0.125. The Balaban J connectivity index is 3.49. The summed E-state index contributed by atoms with van der Waals surface area (Å²) in [6, 6.07) is 2.55. The zero-order chi connectivity index (χ0) is 10.7. The molecule has 0 N–H and O–H groups in total. The SMILES string of the molecule is N#Cc1c(C(F)F)cc(Br)nc1C=O. The number of hydrogen-bond donors (Lipinski definition) is 0. The van der Waals surface area contributed by atoms with Gasteiger partial charge in [-0.15, -0.1) is 0 Å². The molecule has 1 heterocycles. The molecular weight excluding hydrogens is 258 g/mol. The van der Waals surface area contributed by atoms with Crippen molar-refractivity contribution < 1.29 is 13.6 Å². The Bertz CT molecular complexity index is 415. The van der Waals surface area contributed by atoms with Crippen molar-refractivity contribution in [3.05, 3.63) is 27.5 Å². The minimum atomic E-state index is -2.80. The molecule has 0 saturated carbocycles. The number of nitriles is 1. The standard InChI is InChI=1S/C8H3BrF2N2O/c9-7-1-4(8(10)11)5(2-12)6(3-14)13-7/h1,3,8H. The number of pyridine rings is 1. The number of rotatable bonds is 2. The van der Waals surface area contributed by atoms with E-state index in [9.17, 15) is 13.6 Å². The number of aromatic nitrogens is 1. The number of carbonyl (C=O) groups excluding carboxylic acids is 1. The molecule has 0 fully saturated rings. The lowest BCUT2D eigenvalue weighted by atomic mass is 10.1. The predicted octanol–water partition coefficient (Wildman–Crippen LogP) is 2.47. The fourth-order valence-electron chi connectivity index (χ4n) is 0.931. The molecule has 72 valence electrons. The molecule has 0 atom stereocenters. The maximum absolute atomic E-state index is 12.4. The molecule has 14 heavy (non-hydrogen) atoms. The van der Waals surface area contributed by atoms with Gasteiger partial charge in [0.05, 0.1) is 5.56 Å². The second kappa shape index (κ2) is 4.24. The van der Waals surface area contributed by atoms with Crippen molar-refractivity contribution in [3.63, 3.8) is 0 Å². The Labute approximate surface area is 86.5 Å². The Morgan fingerprint density at radius 1 is 1.64 bits per heavy atom. The van der Waals surface area contributed by atoms with Crippen LogP contribution in [0.4, 0.5) is 8.78 Å². The third-order valence-electron chi connectivity index (χ3n) is 1.51. The molecule has 1 aromatic heterocycles. The summed E-state index contributed by atoms with van der Waals surface area (Å²) < 4.78 is 24.9. The molecular formula is C8H3BrF2N2O. The minimum absolute atomic E-state index is 0.105. The van der Waals surface area contributed by atoms with Crippen LogP contribution < -0.4 is 0 Å². The van der Waals surface area contributed by atoms with Crippen molar-refractivity contribution in [2.45, 2.75) is 6.43 Å². The van der Waals surface area contributed by atoms with Gasteiger partial charge in [0.25, 0.3) is 6.43 Å². The van der Waals surface area contributed by atoms with Gasteiger partial charge in [-0.05, 0) is 22.0 Å². The lowest BCUT2D eigenvalue weighted by molar-refractivity contribution is 0.111. The number of hydrogen-bond acceptors (Lipinski definition) is 3. The average Bonchev–Trinajstić information content (AvgIpc) is 2.16. The van der Waals surface area contributed by atoms with E-state index in [1.165, 1.54) is 6.07 Å². The van der Waals surface area contributed by atoms with Crippen LogP contribution in [0.3, 0.4) is 0 Å². The molecule has 0 aliphatic heterocycles. The highest BCUT2D eigenvalue weighted by Gasteiger charge is 2.18. The van der Waals surface area contributed by atoms with E-state index in [0.717, 1.165) is 6.07 Å². The van der Waals surface area contributed by atoms with Gasteiger partial charge < -0.3 is 0 Å². The molecule has 1 rings (SSSR count). The molecule has 0 saturated heterocycles. The summed E-state index contributed by atoms with van der Waals surface area (Å²) in [5, 5.41) is 8.57. The van der Waals surface area contributed by atoms with E-state index in [1.807, 2.05) is 0 Å². The molecule has 0 aromatic carbocycles. The highest BCUT2D eigenvalue weighted by Crippen LogP contribution is 2.26. The zero-order valence-corrected chi connectivity index (χ0v) is 8.25. The lowest BCUT2D eigenvalue weighted by Crippen LogP contribution is -2.00. The van der Waals surface area contributed by atoms with Gasteiger partial charge in [0.2, 0.25) is 0 Å². The van der Waals surface area contributed by atoms with Crippen molar-refractivity contribution in [2.24, 2.45) is 0 Å². The Kier molecular flexibility index (Phi) is 3.25. The second-order valence-corrected chi connectivity index (χ2v) is 3.14. The van der Waals surface area contributed by atoms with Crippen LogP contribution in [0.1, 0.15) is 28.0 Å². The highest BCUT2D eigenvalue weighted by molar-refractivity contribution is 9.10. The molecule has 0 radical (unpaired) electrons. The first kappa shape index (κ1) is 10.7. The minimum Gasteiger partial charge on any atom is -0.296 e. The molecule has 0 aliphatic carbocycles. The summed E-state index contributed by atoms with van der Waals surface area (Å²) in [7, 11) is 0. The van der Waals surface area contributed by atoms with Gasteiger partial charge >= 0.3 is 0 Å². The first-order valence-corrected chi connectivity index (χ1v) is 4.23. The molecule has 3 nitrogen and oxygen atoms in total. The summed E-state index contributed by atoms with van der Waals surface area (Å²) in [5.74, 6) is 0. The smallest absolute Gasteiger partial charge is 0.265 e. The van der Waals surface area contributed by atoms with Crippen molar-refractivity contribution in [3.8, 4) is 6.07 Å². The van der Waals surface area contributed by atoms with Crippen LogP contribution in [-0.4, -0.2) is 11.3 Å². The molecule has 6 heteroatoms. The van der Waals surface area contributed by atoms with Gasteiger partial charge in [-0.25, -0.2) is 13.8 Å². The van der Waals surface area contributed by atoms with Crippen LogP contribution in [0.5, 0.6) is 0 Å². The monoisotopic (exact) mass is 260 g/mol. The van der Waals surface area contributed by atoms with Crippen molar-refractivity contribution >= 4 is 22.2 Å². The summed E-state index contributed by atoms with van der Waals surface area (Å²) in [6.45, 7) is 0. The maximum atomic E-state index is 12.4. The summed E-state index contributed by atoms with van der Waals surface area (Å²) in [4.78, 5) is 14.0. The Hall–Kier alpha value is -1.35. The fourth-order valence-corrected chi connectivity index (χ4v) is 1.37. The van der Waals surface area contributed by atoms with Gasteiger partial charge in [-0.3, -0.25) is 4.79 Å². The first-order chi connectivity index (χ1) is 6.60. The van der Waals surface area contributed by atoms with Crippen LogP contribution in [0, 0.1) is 11.3 Å². The zero-order valence-electron chi connectivity index (χ0n) is 6.67. The van der Waals surface area contributed by atoms with E-state index in [4.69, 9.17) is 5.26 Å². The quantitative estimate of drug-likeness (QED) is 0.607. The maximum Gasteiger partial charge on any atom is 0.265 e. The number of carbonyl (C=O) groups is 1. The molecule has 0 aliphatic rings. The van der Waals surface area contributed by atoms with Crippen molar-refractivity contribution in [1.29, 1.82) is 5.26 Å². The van der Waals surface area contributed by atoms with Crippen LogP contribution in [0.15, 0.2) is 10.7 Å². The third kappa shape index (κ3) is 1.93. The molecule has 1 aromatic rings. The molecule has 0 bridgehead atoms. The molecule has 0 unspecified atom stereocenters. The van der Waals surface area contributed by atoms with E-state index in [2.05, 4.69) is 20.9 Å². The van der Waals surface area contributed by atoms with Gasteiger partial charge in [0.1, 0.15) is 16.4 Å². The second-order valence-electron chi connectivity index (χ2n) is 2.32. The topological polar surface area (TPSA) is 53.8 Å². The van der Waals surface area contributed by atoms with Crippen LogP contribution in [0.25, 0.3) is 0 Å². The number of aldehydes is 1. The van der Waals surface area contributed by atoms with Gasteiger partial charge in [0.15, 0.2) is 6.29 Å². The van der Waals surface area contributed by atoms with Crippen molar-refractivity contribution in [2.75, 3.05) is 0 Å². The molecule has 0 spiro atoms. The number of alkyl halides is 2. The highest BCUT2D eigenvalue weighted by atomic mass is 79.9. The summed E-state index contributed by atoms with van der Waals surface area (Å²) >= 11 is 2.87. The van der Waals surface area contributed by atoms with E-state index < -0.39 is 12.0 Å². The van der Waals surface area contributed by atoms with Gasteiger partial charge in [0, 0.05) is 5.56 Å². The van der Waals surface area contributed by atoms with Crippen LogP contribution in [-0.2, 0) is 0 Å². The summed E-state index contributed by atoms with van der Waals surface area (Å²) in [5.41, 5.74) is -1.15. The normalized spacial score (nSPS) is 9.93. The number of nitrogens with zero attached hydrogens (tertiary/aromatic N) is 2. The van der Waals surface area contributed by atoms with Gasteiger partial charge in [-0.1, -0.05) is 0 Å². The Morgan fingerprint density at radius 3 is 2.71 bits per heavy atom. The number of halogens is 3. The van der Waals surface area contributed by atoms with E-state index in [1.54, 1.807) is 0 Å². The largest absolute Gasteiger partial charge is 0.296 e. The first-order valence-electron chi connectivity index (χ1n) is 3.44. The third-order valence-corrected chi connectivity index (χ3v) is 1.91. The molecule has 0 amide bonds. The van der Waals surface area contributed by atoms with Gasteiger partial charge in [-0.2, -0.15) is 5.26 Å². The Morgan fingerprint density at radius 2 is 2.29 bits per heavy atom. The van der Waals surface area contributed by atoms with Crippen LogP contribution >= 0.6 is 15.9 Å². The summed E-state index contributed by atoms with van der Waals surface area (Å²) in [6.07, 6.45) is -2.53. The van der Waals surface area contributed by atoms with E-state index >= 15 is 0 Å². The average molecular weight is 261 g/mol. The predicted molar refractivity (Wildman–Crippen MR) is 47.0 cm³/mol.